The first kappa shape index (κ1) is 10.6. The van der Waals surface area contributed by atoms with Crippen LogP contribution in [0.4, 0.5) is 0 Å². The lowest BCUT2D eigenvalue weighted by Crippen LogP contribution is -2.32. The molecule has 0 heterocycles. The van der Waals surface area contributed by atoms with Crippen LogP contribution in [0.5, 0.6) is 0 Å². The zero-order chi connectivity index (χ0) is 9.40. The van der Waals surface area contributed by atoms with E-state index in [4.69, 9.17) is 0 Å². The fraction of sp³-hybridized carbons (Fsp3) is 0.571. The van der Waals surface area contributed by atoms with Gasteiger partial charge in [-0.15, -0.1) is 0 Å². The van der Waals surface area contributed by atoms with Crippen molar-refractivity contribution in [3.8, 4) is 0 Å². The molecule has 0 bridgehead atoms. The average molecular weight is 173 g/mol. The monoisotopic (exact) mass is 173 g/mol. The minimum atomic E-state index is -1.17. The van der Waals surface area contributed by atoms with E-state index in [-0.39, 0.29) is 6.47 Å². The standard InChI is InChI=1S/C7H11NO4/c1-2-3-4-8-6(10)7(11)12-5-9/h5H,2-4H2,1H3,(H,8,10). The topological polar surface area (TPSA) is 72.5 Å². The number of carbonyl (C=O) groups is 3. The number of hydrogen-bond acceptors (Lipinski definition) is 4. The summed E-state index contributed by atoms with van der Waals surface area (Å²) in [5.74, 6) is -2.04. The van der Waals surface area contributed by atoms with Crippen LogP contribution in [-0.2, 0) is 19.1 Å². The van der Waals surface area contributed by atoms with Gasteiger partial charge in [0.05, 0.1) is 0 Å². The van der Waals surface area contributed by atoms with E-state index < -0.39 is 11.9 Å². The maximum Gasteiger partial charge on any atom is 0.404 e. The number of nitrogens with one attached hydrogen (secondary N) is 1. The molecular weight excluding hydrogens is 162 g/mol. The van der Waals surface area contributed by atoms with Gasteiger partial charge in [0.1, 0.15) is 0 Å². The van der Waals surface area contributed by atoms with E-state index in [1.807, 2.05) is 6.92 Å². The van der Waals surface area contributed by atoms with Gasteiger partial charge in [-0.2, -0.15) is 0 Å². The van der Waals surface area contributed by atoms with Crippen LogP contribution in [-0.4, -0.2) is 24.9 Å². The van der Waals surface area contributed by atoms with Gasteiger partial charge in [0.2, 0.25) is 0 Å². The second kappa shape index (κ2) is 6.33. The van der Waals surface area contributed by atoms with Gasteiger partial charge in [-0.3, -0.25) is 9.59 Å². The number of ether oxygens (including phenoxy) is 1. The van der Waals surface area contributed by atoms with Gasteiger partial charge in [-0.05, 0) is 6.42 Å². The van der Waals surface area contributed by atoms with Crippen molar-refractivity contribution in [1.29, 1.82) is 0 Å². The molecule has 1 N–H and O–H groups in total. The second-order valence-corrected chi connectivity index (χ2v) is 2.11. The number of esters is 1. The van der Waals surface area contributed by atoms with Gasteiger partial charge in [-0.1, -0.05) is 13.3 Å². The zero-order valence-corrected chi connectivity index (χ0v) is 6.83. The Balaban J connectivity index is 3.57. The molecule has 0 aliphatic heterocycles. The van der Waals surface area contributed by atoms with E-state index in [0.29, 0.717) is 6.54 Å². The van der Waals surface area contributed by atoms with Crippen LogP contribution >= 0.6 is 0 Å². The highest BCUT2D eigenvalue weighted by Gasteiger charge is 2.13. The van der Waals surface area contributed by atoms with Crippen molar-refractivity contribution in [2.45, 2.75) is 19.8 Å². The Bertz CT molecular complexity index is 178. The molecule has 0 aromatic carbocycles. The molecule has 5 nitrogen and oxygen atoms in total. The molecule has 0 atom stereocenters. The SMILES string of the molecule is CCCCNC(=O)C(=O)OC=O. The number of hydrogen-bond donors (Lipinski definition) is 1. The minimum Gasteiger partial charge on any atom is -0.388 e. The van der Waals surface area contributed by atoms with Crippen molar-refractivity contribution in [2.24, 2.45) is 0 Å². The molecule has 0 spiro atoms. The first-order valence-corrected chi connectivity index (χ1v) is 3.64. The Morgan fingerprint density at radius 2 is 2.17 bits per heavy atom. The lowest BCUT2D eigenvalue weighted by atomic mass is 10.3. The molecule has 0 aliphatic rings. The van der Waals surface area contributed by atoms with Gasteiger partial charge < -0.3 is 10.1 Å². The Labute approximate surface area is 70.1 Å². The largest absolute Gasteiger partial charge is 0.404 e. The molecule has 12 heavy (non-hydrogen) atoms. The third kappa shape index (κ3) is 4.43. The quantitative estimate of drug-likeness (QED) is 0.206. The molecule has 0 saturated heterocycles. The average Bonchev–Trinajstić information content (AvgIpc) is 2.05. The van der Waals surface area contributed by atoms with Crippen molar-refractivity contribution in [2.75, 3.05) is 6.54 Å². The summed E-state index contributed by atoms with van der Waals surface area (Å²) in [6, 6.07) is 0. The molecule has 0 rings (SSSR count). The number of unbranched alkanes of at least 4 members (excludes halogenated alkanes) is 1. The molecule has 68 valence electrons. The lowest BCUT2D eigenvalue weighted by Gasteiger charge is -1.99. The van der Waals surface area contributed by atoms with Crippen LogP contribution in [0.15, 0.2) is 0 Å². The van der Waals surface area contributed by atoms with E-state index in [9.17, 15) is 14.4 Å². The summed E-state index contributed by atoms with van der Waals surface area (Å²) in [5.41, 5.74) is 0. The molecule has 0 aliphatic carbocycles. The Kier molecular flexibility index (Phi) is 5.60. The third-order valence-electron chi connectivity index (χ3n) is 1.16. The number of amides is 1. The molecule has 0 aromatic heterocycles. The van der Waals surface area contributed by atoms with Crippen molar-refractivity contribution < 1.29 is 19.1 Å². The van der Waals surface area contributed by atoms with Gasteiger partial charge in [-0.25, -0.2) is 4.79 Å². The van der Waals surface area contributed by atoms with Gasteiger partial charge in [0, 0.05) is 6.54 Å². The summed E-state index contributed by atoms with van der Waals surface area (Å²) < 4.78 is 3.80. The maximum absolute atomic E-state index is 10.7. The number of rotatable bonds is 4. The molecule has 0 aromatic rings. The first-order chi connectivity index (χ1) is 5.72. The molecule has 0 unspecified atom stereocenters. The van der Waals surface area contributed by atoms with Gasteiger partial charge in [0.15, 0.2) is 0 Å². The summed E-state index contributed by atoms with van der Waals surface area (Å²) in [4.78, 5) is 30.8. The Hall–Kier alpha value is -1.39. The van der Waals surface area contributed by atoms with Crippen LogP contribution in [0.3, 0.4) is 0 Å². The summed E-state index contributed by atoms with van der Waals surface area (Å²) in [6.07, 6.45) is 1.71. The second-order valence-electron chi connectivity index (χ2n) is 2.11. The van der Waals surface area contributed by atoms with Crippen LogP contribution in [0.25, 0.3) is 0 Å². The lowest BCUT2D eigenvalue weighted by molar-refractivity contribution is -0.158. The fourth-order valence-electron chi connectivity index (χ4n) is 0.548. The Morgan fingerprint density at radius 1 is 1.50 bits per heavy atom. The highest BCUT2D eigenvalue weighted by Crippen LogP contribution is 1.83. The molecule has 1 amide bonds. The minimum absolute atomic E-state index is 0.0677. The smallest absolute Gasteiger partial charge is 0.388 e. The summed E-state index contributed by atoms with van der Waals surface area (Å²) in [7, 11) is 0. The van der Waals surface area contributed by atoms with Crippen molar-refractivity contribution >= 4 is 18.3 Å². The predicted molar refractivity (Wildman–Crippen MR) is 40.1 cm³/mol. The first-order valence-electron chi connectivity index (χ1n) is 3.64. The highest BCUT2D eigenvalue weighted by molar-refractivity contribution is 6.33. The molecule has 0 fully saturated rings. The van der Waals surface area contributed by atoms with Crippen LogP contribution in [0.2, 0.25) is 0 Å². The summed E-state index contributed by atoms with van der Waals surface area (Å²) in [5, 5.41) is 2.30. The van der Waals surface area contributed by atoms with E-state index in [1.165, 1.54) is 0 Å². The summed E-state index contributed by atoms with van der Waals surface area (Å²) in [6.45, 7) is 2.31. The number of carbonyl (C=O) groups excluding carboxylic acids is 3. The van der Waals surface area contributed by atoms with E-state index >= 15 is 0 Å². The maximum atomic E-state index is 10.7. The van der Waals surface area contributed by atoms with Gasteiger partial charge in [0.25, 0.3) is 0 Å². The summed E-state index contributed by atoms with van der Waals surface area (Å²) >= 11 is 0. The third-order valence-corrected chi connectivity index (χ3v) is 1.16. The predicted octanol–water partition coefficient (Wildman–Crippen LogP) is -0.398. The molecule has 0 saturated carbocycles. The van der Waals surface area contributed by atoms with Crippen molar-refractivity contribution in [3.63, 3.8) is 0 Å². The normalized spacial score (nSPS) is 8.75. The highest BCUT2D eigenvalue weighted by atomic mass is 16.6. The Morgan fingerprint density at radius 3 is 2.67 bits per heavy atom. The molecular formula is C7H11NO4. The van der Waals surface area contributed by atoms with Crippen molar-refractivity contribution in [1.82, 2.24) is 5.32 Å². The van der Waals surface area contributed by atoms with Crippen LogP contribution in [0.1, 0.15) is 19.8 Å². The molecule has 0 radical (unpaired) electrons. The molecule has 5 heteroatoms. The van der Waals surface area contributed by atoms with Gasteiger partial charge >= 0.3 is 18.3 Å². The van der Waals surface area contributed by atoms with E-state index in [1.54, 1.807) is 0 Å². The van der Waals surface area contributed by atoms with Crippen molar-refractivity contribution in [3.05, 3.63) is 0 Å². The van der Waals surface area contributed by atoms with Crippen LogP contribution < -0.4 is 5.32 Å². The van der Waals surface area contributed by atoms with E-state index in [2.05, 4.69) is 10.1 Å². The fourth-order valence-corrected chi connectivity index (χ4v) is 0.548. The van der Waals surface area contributed by atoms with E-state index in [0.717, 1.165) is 12.8 Å². The zero-order valence-electron chi connectivity index (χ0n) is 6.83. The van der Waals surface area contributed by atoms with Crippen LogP contribution in [0, 0.1) is 0 Å².